The molecule has 0 bridgehead atoms. The van der Waals surface area contributed by atoms with E-state index in [-0.39, 0.29) is 6.07 Å². The first-order valence-electron chi connectivity index (χ1n) is 7.91. The van der Waals surface area contributed by atoms with Crippen molar-refractivity contribution in [1.29, 1.82) is 0 Å². The fourth-order valence-corrected chi connectivity index (χ4v) is 2.45. The zero-order valence-electron chi connectivity index (χ0n) is 14.8. The Morgan fingerprint density at radius 1 is 0.800 bits per heavy atom. The maximum Gasteiger partial charge on any atom is 0.417 e. The molecule has 0 heterocycles. The van der Waals surface area contributed by atoms with E-state index in [1.54, 1.807) is 0 Å². The Morgan fingerprint density at radius 3 is 1.93 bits per heavy atom. The lowest BCUT2D eigenvalue weighted by Gasteiger charge is -2.16. The highest BCUT2D eigenvalue weighted by Gasteiger charge is 2.38. The van der Waals surface area contributed by atoms with Gasteiger partial charge in [0.1, 0.15) is 12.4 Å². The molecule has 0 saturated heterocycles. The van der Waals surface area contributed by atoms with Crippen LogP contribution < -0.4 is 0 Å². The van der Waals surface area contributed by atoms with Gasteiger partial charge in [-0.15, -0.1) is 0 Å². The van der Waals surface area contributed by atoms with Crippen molar-refractivity contribution in [3.8, 4) is 0 Å². The van der Waals surface area contributed by atoms with E-state index in [0.29, 0.717) is 30.3 Å². The van der Waals surface area contributed by atoms with Gasteiger partial charge in [0.15, 0.2) is 0 Å². The largest absolute Gasteiger partial charge is 0.417 e. The molecule has 0 amide bonds. The van der Waals surface area contributed by atoms with Crippen molar-refractivity contribution in [2.45, 2.75) is 32.1 Å². The van der Waals surface area contributed by atoms with Gasteiger partial charge in [-0.25, -0.2) is 4.39 Å². The lowest BCUT2D eigenvalue weighted by Crippen LogP contribution is -2.14. The first-order valence-corrected chi connectivity index (χ1v) is 7.91. The Hall–Kier alpha value is -2.79. The van der Waals surface area contributed by atoms with Crippen molar-refractivity contribution in [2.24, 2.45) is 5.16 Å². The van der Waals surface area contributed by atoms with E-state index in [4.69, 9.17) is 0 Å². The third kappa shape index (κ3) is 5.63. The van der Waals surface area contributed by atoms with E-state index in [1.807, 2.05) is 0 Å². The van der Waals surface area contributed by atoms with E-state index in [2.05, 4.69) is 9.99 Å². The molecule has 2 rings (SSSR count). The van der Waals surface area contributed by atoms with E-state index >= 15 is 0 Å². The third-order valence-electron chi connectivity index (χ3n) is 3.84. The second kappa shape index (κ2) is 8.15. The van der Waals surface area contributed by atoms with Crippen LogP contribution in [-0.2, 0) is 30.0 Å². The van der Waals surface area contributed by atoms with Crippen LogP contribution in [0.2, 0.25) is 0 Å². The molecule has 0 aromatic heterocycles. The van der Waals surface area contributed by atoms with Crippen molar-refractivity contribution < 1.29 is 48.7 Å². The van der Waals surface area contributed by atoms with Crippen LogP contribution in [0.25, 0.3) is 0 Å². The molecule has 0 fully saturated rings. The van der Waals surface area contributed by atoms with Crippen LogP contribution in [0, 0.1) is 5.82 Å². The summed E-state index contributed by atoms with van der Waals surface area (Å²) in [5.41, 5.74) is -6.34. The Labute approximate surface area is 162 Å². The van der Waals surface area contributed by atoms with Crippen LogP contribution in [0.5, 0.6) is 0 Å². The molecule has 0 aliphatic heterocycles. The molecule has 0 aliphatic carbocycles. The maximum atomic E-state index is 13.3. The van der Waals surface area contributed by atoms with E-state index in [1.165, 1.54) is 0 Å². The summed E-state index contributed by atoms with van der Waals surface area (Å²) < 4.78 is 130. The number of alkyl halides is 9. The van der Waals surface area contributed by atoms with Gasteiger partial charge >= 0.3 is 18.5 Å². The molecule has 0 unspecified atom stereocenters. The first-order chi connectivity index (χ1) is 13.6. The summed E-state index contributed by atoms with van der Waals surface area (Å²) in [5.74, 6) is -1.02. The lowest BCUT2D eigenvalue weighted by molar-refractivity contribution is -0.144. The van der Waals surface area contributed by atoms with Crippen LogP contribution in [-0.4, -0.2) is 5.71 Å². The average molecular weight is 447 g/mol. The molecular weight excluding hydrogens is 436 g/mol. The summed E-state index contributed by atoms with van der Waals surface area (Å²) in [6.07, 6.45) is -15.0. The van der Waals surface area contributed by atoms with Crippen LogP contribution in [0.1, 0.15) is 34.7 Å². The zero-order chi connectivity index (χ0) is 22.9. The summed E-state index contributed by atoms with van der Waals surface area (Å²) in [7, 11) is 0. The normalized spacial score (nSPS) is 13.5. The molecule has 0 atom stereocenters. The Morgan fingerprint density at radius 2 is 1.40 bits per heavy atom. The van der Waals surface area contributed by atoms with E-state index < -0.39 is 64.5 Å². The number of hydrogen-bond donors (Lipinski definition) is 0. The molecule has 0 aliphatic rings. The second-order valence-electron chi connectivity index (χ2n) is 6.01. The molecule has 0 N–H and O–H groups in total. The van der Waals surface area contributed by atoms with Gasteiger partial charge in [-0.05, 0) is 37.3 Å². The number of hydrogen-bond acceptors (Lipinski definition) is 2. The minimum Gasteiger partial charge on any atom is -0.391 e. The highest BCUT2D eigenvalue weighted by Crippen LogP contribution is 2.37. The summed E-state index contributed by atoms with van der Waals surface area (Å²) >= 11 is 0. The molecule has 12 heteroatoms. The minimum absolute atomic E-state index is 0.108. The maximum absolute atomic E-state index is 13.3. The number of benzene rings is 2. The summed E-state index contributed by atoms with van der Waals surface area (Å²) in [6, 6.07) is 2.37. The minimum atomic E-state index is -5.15. The third-order valence-corrected chi connectivity index (χ3v) is 3.84. The highest BCUT2D eigenvalue weighted by atomic mass is 19.4. The predicted octanol–water partition coefficient (Wildman–Crippen LogP) is 6.82. The molecule has 2 aromatic carbocycles. The lowest BCUT2D eigenvalue weighted by atomic mass is 10.0. The smallest absolute Gasteiger partial charge is 0.391 e. The Balaban J connectivity index is 2.32. The van der Waals surface area contributed by atoms with Gasteiger partial charge < -0.3 is 4.84 Å². The first kappa shape index (κ1) is 23.5. The standard InChI is InChI=1S/C18H11F10NO/c1-9(13-7-12(19)4-5-14(13)17(23,24)25)29-30-8-10-2-3-11(16(20,21)22)6-15(10)18(26,27)28/h2-7H,8H2,1H3. The predicted molar refractivity (Wildman–Crippen MR) is 84.8 cm³/mol. The number of oxime groups is 1. The van der Waals surface area contributed by atoms with Gasteiger partial charge in [0, 0.05) is 11.1 Å². The van der Waals surface area contributed by atoms with Gasteiger partial charge in [-0.3, -0.25) is 0 Å². The fraction of sp³-hybridized carbons (Fsp3) is 0.278. The monoisotopic (exact) mass is 447 g/mol. The van der Waals surface area contributed by atoms with Crippen molar-refractivity contribution >= 4 is 5.71 Å². The van der Waals surface area contributed by atoms with Crippen molar-refractivity contribution in [3.63, 3.8) is 0 Å². The van der Waals surface area contributed by atoms with Crippen LogP contribution >= 0.6 is 0 Å². The molecule has 2 aromatic rings. The molecule has 2 nitrogen and oxygen atoms in total. The Bertz CT molecular complexity index is 941. The summed E-state index contributed by atoms with van der Waals surface area (Å²) in [5, 5.41) is 3.26. The van der Waals surface area contributed by atoms with Gasteiger partial charge in [0.25, 0.3) is 0 Å². The second-order valence-corrected chi connectivity index (χ2v) is 6.01. The van der Waals surface area contributed by atoms with Crippen LogP contribution in [0.15, 0.2) is 41.6 Å². The van der Waals surface area contributed by atoms with Gasteiger partial charge in [-0.1, -0.05) is 11.2 Å². The Kier molecular flexibility index (Phi) is 6.38. The topological polar surface area (TPSA) is 21.6 Å². The van der Waals surface area contributed by atoms with Crippen molar-refractivity contribution in [2.75, 3.05) is 0 Å². The van der Waals surface area contributed by atoms with Gasteiger partial charge in [0.05, 0.1) is 22.4 Å². The number of nitrogens with zero attached hydrogens (tertiary/aromatic N) is 1. The summed E-state index contributed by atoms with van der Waals surface area (Å²) in [4.78, 5) is 4.62. The molecule has 0 spiro atoms. The molecule has 30 heavy (non-hydrogen) atoms. The molecule has 0 saturated carbocycles. The van der Waals surface area contributed by atoms with E-state index in [9.17, 15) is 43.9 Å². The SMILES string of the molecule is CC(=NOCc1ccc(C(F)(F)F)cc1C(F)(F)F)c1cc(F)ccc1C(F)(F)F. The quantitative estimate of drug-likeness (QED) is 0.286. The zero-order valence-corrected chi connectivity index (χ0v) is 14.8. The van der Waals surface area contributed by atoms with Crippen molar-refractivity contribution in [3.05, 3.63) is 70.0 Å². The number of rotatable bonds is 4. The van der Waals surface area contributed by atoms with E-state index in [0.717, 1.165) is 6.92 Å². The molecule has 0 radical (unpaired) electrons. The average Bonchev–Trinajstić information content (AvgIpc) is 2.58. The summed E-state index contributed by atoms with van der Waals surface area (Å²) in [6.45, 7) is 0.0163. The molecular formula is C18H11F10NO. The fourth-order valence-electron chi connectivity index (χ4n) is 2.45. The van der Waals surface area contributed by atoms with Crippen LogP contribution in [0.4, 0.5) is 43.9 Å². The highest BCUT2D eigenvalue weighted by molar-refractivity contribution is 5.99. The van der Waals surface area contributed by atoms with Gasteiger partial charge in [-0.2, -0.15) is 39.5 Å². The molecule has 164 valence electrons. The van der Waals surface area contributed by atoms with Crippen molar-refractivity contribution in [1.82, 2.24) is 0 Å². The number of halogens is 10. The van der Waals surface area contributed by atoms with Crippen LogP contribution in [0.3, 0.4) is 0 Å². The van der Waals surface area contributed by atoms with Gasteiger partial charge in [0.2, 0.25) is 0 Å².